The van der Waals surface area contributed by atoms with Crippen LogP contribution in [-0.4, -0.2) is 18.3 Å². The summed E-state index contributed by atoms with van der Waals surface area (Å²) in [6.45, 7) is 8.31. The predicted molar refractivity (Wildman–Crippen MR) is 115 cm³/mol. The van der Waals surface area contributed by atoms with E-state index in [9.17, 15) is 0 Å². The fraction of sp³-hybridized carbons (Fsp3) is 0.250. The standard InChI is InChI=1S/C24H23BO3/c1-23(2)24(3,4)28-25(27-23)18-11-12-19-17(14-18)10-13-21-20(19)15-22(26-21)16-8-6-5-7-9-16/h5-15H,1-4H3. The molecular formula is C24H23BO3. The highest BCUT2D eigenvalue weighted by atomic mass is 16.7. The maximum absolute atomic E-state index is 6.21. The van der Waals surface area contributed by atoms with Gasteiger partial charge in [-0.15, -0.1) is 0 Å². The van der Waals surface area contributed by atoms with E-state index in [1.807, 2.05) is 24.3 Å². The first-order valence-electron chi connectivity index (χ1n) is 9.71. The van der Waals surface area contributed by atoms with E-state index in [4.69, 9.17) is 13.7 Å². The first-order valence-corrected chi connectivity index (χ1v) is 9.71. The van der Waals surface area contributed by atoms with Crippen LogP contribution in [0.4, 0.5) is 0 Å². The zero-order chi connectivity index (χ0) is 19.5. The zero-order valence-electron chi connectivity index (χ0n) is 16.7. The number of furan rings is 1. The molecule has 140 valence electrons. The molecule has 0 bridgehead atoms. The Kier molecular flexibility index (Phi) is 3.74. The van der Waals surface area contributed by atoms with Crippen LogP contribution >= 0.6 is 0 Å². The molecule has 0 radical (unpaired) electrons. The van der Waals surface area contributed by atoms with Gasteiger partial charge in [0.2, 0.25) is 0 Å². The first-order chi connectivity index (χ1) is 13.3. The van der Waals surface area contributed by atoms with Gasteiger partial charge < -0.3 is 13.7 Å². The highest BCUT2D eigenvalue weighted by Gasteiger charge is 2.51. The second-order valence-corrected chi connectivity index (χ2v) is 8.52. The molecule has 4 heteroatoms. The minimum absolute atomic E-state index is 0.342. The van der Waals surface area contributed by atoms with Gasteiger partial charge in [0.05, 0.1) is 11.2 Å². The Morgan fingerprint density at radius 3 is 2.14 bits per heavy atom. The van der Waals surface area contributed by atoms with Gasteiger partial charge in [-0.25, -0.2) is 0 Å². The van der Waals surface area contributed by atoms with Crippen molar-refractivity contribution in [3.8, 4) is 11.3 Å². The van der Waals surface area contributed by atoms with Crippen LogP contribution in [0, 0.1) is 0 Å². The molecule has 1 fully saturated rings. The Morgan fingerprint density at radius 1 is 0.714 bits per heavy atom. The lowest BCUT2D eigenvalue weighted by molar-refractivity contribution is 0.00578. The lowest BCUT2D eigenvalue weighted by Gasteiger charge is -2.32. The summed E-state index contributed by atoms with van der Waals surface area (Å²) in [5.74, 6) is 0.887. The SMILES string of the molecule is CC1(C)OB(c2ccc3c(ccc4oc(-c5ccccc5)cc43)c2)OC1(C)C. The van der Waals surface area contributed by atoms with Crippen LogP contribution < -0.4 is 5.46 Å². The molecule has 0 N–H and O–H groups in total. The molecule has 0 aliphatic carbocycles. The minimum Gasteiger partial charge on any atom is -0.456 e. The summed E-state index contributed by atoms with van der Waals surface area (Å²) >= 11 is 0. The van der Waals surface area contributed by atoms with Gasteiger partial charge in [0.1, 0.15) is 11.3 Å². The summed E-state index contributed by atoms with van der Waals surface area (Å²) in [5.41, 5.74) is 2.34. The topological polar surface area (TPSA) is 31.6 Å². The molecule has 0 unspecified atom stereocenters. The number of benzene rings is 3. The molecule has 5 rings (SSSR count). The second-order valence-electron chi connectivity index (χ2n) is 8.52. The van der Waals surface area contributed by atoms with E-state index >= 15 is 0 Å². The van der Waals surface area contributed by atoms with Gasteiger partial charge in [-0.1, -0.05) is 54.6 Å². The van der Waals surface area contributed by atoms with Crippen LogP contribution in [0.5, 0.6) is 0 Å². The van der Waals surface area contributed by atoms with Crippen molar-refractivity contribution in [1.82, 2.24) is 0 Å². The Morgan fingerprint density at radius 2 is 1.43 bits per heavy atom. The molecule has 28 heavy (non-hydrogen) atoms. The number of hydrogen-bond acceptors (Lipinski definition) is 3. The zero-order valence-corrected chi connectivity index (χ0v) is 16.7. The van der Waals surface area contributed by atoms with Crippen molar-refractivity contribution in [2.75, 3.05) is 0 Å². The summed E-state index contributed by atoms with van der Waals surface area (Å²) in [6.07, 6.45) is 0. The smallest absolute Gasteiger partial charge is 0.456 e. The van der Waals surface area contributed by atoms with E-state index in [1.165, 1.54) is 5.39 Å². The van der Waals surface area contributed by atoms with Crippen molar-refractivity contribution in [3.05, 3.63) is 66.7 Å². The number of rotatable bonds is 2. The molecule has 1 saturated heterocycles. The third-order valence-corrected chi connectivity index (χ3v) is 6.12. The maximum Gasteiger partial charge on any atom is 0.494 e. The summed E-state index contributed by atoms with van der Waals surface area (Å²) < 4.78 is 18.5. The molecule has 1 aromatic heterocycles. The molecule has 2 heterocycles. The van der Waals surface area contributed by atoms with Crippen molar-refractivity contribution < 1.29 is 13.7 Å². The van der Waals surface area contributed by atoms with Crippen LogP contribution in [0.25, 0.3) is 33.1 Å². The van der Waals surface area contributed by atoms with Crippen molar-refractivity contribution >= 4 is 34.3 Å². The average Bonchev–Trinajstić information content (AvgIpc) is 3.20. The predicted octanol–water partition coefficient (Wildman–Crippen LogP) is 5.55. The van der Waals surface area contributed by atoms with Gasteiger partial charge in [0, 0.05) is 10.9 Å². The minimum atomic E-state index is -0.352. The van der Waals surface area contributed by atoms with E-state index in [2.05, 4.69) is 70.2 Å². The lowest BCUT2D eigenvalue weighted by atomic mass is 9.78. The van der Waals surface area contributed by atoms with E-state index in [0.29, 0.717) is 0 Å². The van der Waals surface area contributed by atoms with E-state index < -0.39 is 0 Å². The quantitative estimate of drug-likeness (QED) is 0.434. The number of hydrogen-bond donors (Lipinski definition) is 0. The molecular weight excluding hydrogens is 347 g/mol. The fourth-order valence-corrected chi connectivity index (χ4v) is 3.74. The number of fused-ring (bicyclic) bond motifs is 3. The molecule has 1 aliphatic heterocycles. The van der Waals surface area contributed by atoms with Crippen molar-refractivity contribution in [1.29, 1.82) is 0 Å². The fourth-order valence-electron chi connectivity index (χ4n) is 3.74. The molecule has 0 atom stereocenters. The normalized spacial score (nSPS) is 18.2. The van der Waals surface area contributed by atoms with Crippen LogP contribution in [0.2, 0.25) is 0 Å². The Balaban J connectivity index is 1.57. The molecule has 0 saturated carbocycles. The third-order valence-electron chi connectivity index (χ3n) is 6.12. The van der Waals surface area contributed by atoms with Gasteiger partial charge in [-0.05, 0) is 56.1 Å². The second kappa shape index (κ2) is 5.97. The van der Waals surface area contributed by atoms with Gasteiger partial charge in [-0.2, -0.15) is 0 Å². The molecule has 4 aromatic rings. The van der Waals surface area contributed by atoms with Crippen molar-refractivity contribution in [3.63, 3.8) is 0 Å². The van der Waals surface area contributed by atoms with Crippen LogP contribution in [0.15, 0.2) is 71.1 Å². The maximum atomic E-state index is 6.21. The largest absolute Gasteiger partial charge is 0.494 e. The molecule has 0 spiro atoms. The van der Waals surface area contributed by atoms with Gasteiger partial charge >= 0.3 is 7.12 Å². The van der Waals surface area contributed by atoms with Gasteiger partial charge in [0.25, 0.3) is 0 Å². The summed E-state index contributed by atoms with van der Waals surface area (Å²) in [7, 11) is -0.352. The summed E-state index contributed by atoms with van der Waals surface area (Å²) in [4.78, 5) is 0. The monoisotopic (exact) mass is 370 g/mol. The van der Waals surface area contributed by atoms with Gasteiger partial charge in [0.15, 0.2) is 0 Å². The van der Waals surface area contributed by atoms with E-state index in [0.717, 1.165) is 33.1 Å². The van der Waals surface area contributed by atoms with Crippen molar-refractivity contribution in [2.45, 2.75) is 38.9 Å². The third kappa shape index (κ3) is 2.68. The first kappa shape index (κ1) is 17.5. The molecule has 0 amide bonds. The van der Waals surface area contributed by atoms with Crippen molar-refractivity contribution in [2.24, 2.45) is 0 Å². The Bertz CT molecular complexity index is 1160. The summed E-state index contributed by atoms with van der Waals surface area (Å²) in [5, 5.41) is 3.45. The lowest BCUT2D eigenvalue weighted by Crippen LogP contribution is -2.41. The average molecular weight is 370 g/mol. The van der Waals surface area contributed by atoms with E-state index in [1.54, 1.807) is 0 Å². The molecule has 3 aromatic carbocycles. The molecule has 3 nitrogen and oxygen atoms in total. The Labute approximate surface area is 165 Å². The van der Waals surface area contributed by atoms with Crippen LogP contribution in [-0.2, 0) is 9.31 Å². The van der Waals surface area contributed by atoms with Gasteiger partial charge in [-0.3, -0.25) is 0 Å². The van der Waals surface area contributed by atoms with E-state index in [-0.39, 0.29) is 18.3 Å². The molecule has 1 aliphatic rings. The Hall–Kier alpha value is -2.56. The highest BCUT2D eigenvalue weighted by Crippen LogP contribution is 2.37. The summed E-state index contributed by atoms with van der Waals surface area (Å²) in [6, 6.07) is 22.9. The van der Waals surface area contributed by atoms with Crippen LogP contribution in [0.3, 0.4) is 0 Å². The van der Waals surface area contributed by atoms with Crippen LogP contribution in [0.1, 0.15) is 27.7 Å². The highest BCUT2D eigenvalue weighted by molar-refractivity contribution is 6.62.